The second-order valence-electron chi connectivity index (χ2n) is 7.37. The summed E-state index contributed by atoms with van der Waals surface area (Å²) in [5, 5.41) is 3.07. The Kier molecular flexibility index (Phi) is 5.30. The monoisotopic (exact) mass is 396 g/mol. The number of hydrogen-bond donors (Lipinski definition) is 3. The average Bonchev–Trinajstić information content (AvgIpc) is 3.41. The summed E-state index contributed by atoms with van der Waals surface area (Å²) < 4.78 is 6.89. The maximum Gasteiger partial charge on any atom is 0.271 e. The van der Waals surface area contributed by atoms with E-state index in [0.717, 1.165) is 25.7 Å². The van der Waals surface area contributed by atoms with Crippen molar-refractivity contribution in [2.75, 3.05) is 6.54 Å². The number of aromatic nitrogens is 3. The minimum atomic E-state index is -0.718. The van der Waals surface area contributed by atoms with E-state index in [2.05, 4.69) is 15.3 Å². The van der Waals surface area contributed by atoms with E-state index < -0.39 is 5.91 Å². The van der Waals surface area contributed by atoms with Crippen molar-refractivity contribution in [3.05, 3.63) is 42.2 Å². The van der Waals surface area contributed by atoms with Gasteiger partial charge in [0.05, 0.1) is 6.26 Å². The molecule has 5 N–H and O–H groups in total. The van der Waals surface area contributed by atoms with Crippen molar-refractivity contribution < 1.29 is 14.0 Å². The van der Waals surface area contributed by atoms with Crippen LogP contribution in [0.4, 0.5) is 0 Å². The molecule has 0 saturated heterocycles. The summed E-state index contributed by atoms with van der Waals surface area (Å²) in [5.41, 5.74) is 12.3. The molecule has 4 rings (SSSR count). The van der Waals surface area contributed by atoms with E-state index in [-0.39, 0.29) is 29.0 Å². The van der Waals surface area contributed by atoms with Crippen LogP contribution < -0.4 is 16.8 Å². The number of carbonyl (C=O) groups excluding carboxylic acids is 2. The molecule has 0 aliphatic heterocycles. The fourth-order valence-corrected chi connectivity index (χ4v) is 4.02. The highest BCUT2D eigenvalue weighted by atomic mass is 16.3. The maximum atomic E-state index is 13.2. The van der Waals surface area contributed by atoms with Gasteiger partial charge in [-0.05, 0) is 37.0 Å². The Morgan fingerprint density at radius 2 is 2.10 bits per heavy atom. The summed E-state index contributed by atoms with van der Waals surface area (Å²) in [4.78, 5) is 33.4. The Labute approximate surface area is 167 Å². The fourth-order valence-electron chi connectivity index (χ4n) is 4.02. The average molecular weight is 396 g/mol. The largest absolute Gasteiger partial charge is 0.463 e. The van der Waals surface area contributed by atoms with Gasteiger partial charge in [0.25, 0.3) is 11.8 Å². The van der Waals surface area contributed by atoms with Crippen molar-refractivity contribution in [2.45, 2.75) is 38.1 Å². The third-order valence-corrected chi connectivity index (χ3v) is 5.53. The molecule has 1 aliphatic carbocycles. The first-order valence-corrected chi connectivity index (χ1v) is 9.81. The van der Waals surface area contributed by atoms with E-state index in [0.29, 0.717) is 23.9 Å². The van der Waals surface area contributed by atoms with Gasteiger partial charge in [0.1, 0.15) is 17.7 Å². The Balaban J connectivity index is 1.73. The lowest BCUT2D eigenvalue weighted by molar-refractivity contribution is 0.0908. The number of nitrogens with zero attached hydrogens (tertiary/aromatic N) is 3. The van der Waals surface area contributed by atoms with Gasteiger partial charge in [0, 0.05) is 12.6 Å². The topological polar surface area (TPSA) is 142 Å². The molecular formula is C20H24N6O3. The third kappa shape index (κ3) is 3.73. The summed E-state index contributed by atoms with van der Waals surface area (Å²) in [5.74, 6) is -0.186. The predicted octanol–water partition coefficient (Wildman–Crippen LogP) is 1.73. The SMILES string of the molecule is NCC(NC(=O)c1cc(-c2ccco2)nc2c(C(N)=O)ncn12)C1CCCCC1. The zero-order valence-electron chi connectivity index (χ0n) is 16.0. The fraction of sp³-hybridized carbons (Fsp3) is 0.400. The molecule has 3 heterocycles. The Hall–Kier alpha value is -3.20. The zero-order chi connectivity index (χ0) is 20.4. The van der Waals surface area contributed by atoms with Crippen molar-refractivity contribution in [1.29, 1.82) is 0 Å². The van der Waals surface area contributed by atoms with Gasteiger partial charge < -0.3 is 21.2 Å². The maximum absolute atomic E-state index is 13.2. The van der Waals surface area contributed by atoms with E-state index in [4.69, 9.17) is 15.9 Å². The van der Waals surface area contributed by atoms with E-state index >= 15 is 0 Å². The number of imidazole rings is 1. The molecule has 0 aromatic carbocycles. The van der Waals surface area contributed by atoms with Gasteiger partial charge in [0.15, 0.2) is 17.1 Å². The molecule has 0 bridgehead atoms. The number of nitrogens with two attached hydrogens (primary N) is 2. The molecular weight excluding hydrogens is 372 g/mol. The second kappa shape index (κ2) is 8.04. The molecule has 1 unspecified atom stereocenters. The third-order valence-electron chi connectivity index (χ3n) is 5.53. The molecule has 3 aromatic heterocycles. The van der Waals surface area contributed by atoms with Gasteiger partial charge in [-0.1, -0.05) is 19.3 Å². The number of fused-ring (bicyclic) bond motifs is 1. The summed E-state index contributed by atoms with van der Waals surface area (Å²) in [7, 11) is 0. The van der Waals surface area contributed by atoms with Crippen LogP contribution in [0.15, 0.2) is 35.2 Å². The van der Waals surface area contributed by atoms with Crippen LogP contribution in [0, 0.1) is 5.92 Å². The summed E-state index contributed by atoms with van der Waals surface area (Å²) in [6.07, 6.45) is 8.54. The standard InChI is InChI=1S/C20H24N6O3/c21-10-14(12-5-2-1-3-6-12)25-20(28)15-9-13(16-7-4-8-29-16)24-19-17(18(22)27)23-11-26(15)19/h4,7-9,11-12,14H,1-3,5-6,10,21H2,(H2,22,27)(H,25,28). The summed E-state index contributed by atoms with van der Waals surface area (Å²) in [6.45, 7) is 0.367. The molecule has 0 spiro atoms. The second-order valence-corrected chi connectivity index (χ2v) is 7.37. The van der Waals surface area contributed by atoms with Crippen LogP contribution >= 0.6 is 0 Å². The van der Waals surface area contributed by atoms with Crippen LogP contribution in [0.2, 0.25) is 0 Å². The number of hydrogen-bond acceptors (Lipinski definition) is 6. The smallest absolute Gasteiger partial charge is 0.271 e. The van der Waals surface area contributed by atoms with Crippen molar-refractivity contribution >= 4 is 17.5 Å². The zero-order valence-corrected chi connectivity index (χ0v) is 16.0. The van der Waals surface area contributed by atoms with Crippen LogP contribution in [0.3, 0.4) is 0 Å². The molecule has 1 fully saturated rings. The highest BCUT2D eigenvalue weighted by molar-refractivity contribution is 5.99. The van der Waals surface area contributed by atoms with Crippen molar-refractivity contribution in [3.63, 3.8) is 0 Å². The lowest BCUT2D eigenvalue weighted by Gasteiger charge is -2.30. The van der Waals surface area contributed by atoms with Crippen LogP contribution in [-0.4, -0.2) is 38.8 Å². The van der Waals surface area contributed by atoms with E-state index in [1.807, 2.05) is 0 Å². The first-order valence-electron chi connectivity index (χ1n) is 9.81. The minimum Gasteiger partial charge on any atom is -0.463 e. The van der Waals surface area contributed by atoms with E-state index in [9.17, 15) is 9.59 Å². The number of nitrogens with one attached hydrogen (secondary N) is 1. The summed E-state index contributed by atoms with van der Waals surface area (Å²) >= 11 is 0. The normalized spacial score (nSPS) is 16.0. The molecule has 0 radical (unpaired) electrons. The van der Waals surface area contributed by atoms with Gasteiger partial charge in [-0.2, -0.15) is 0 Å². The van der Waals surface area contributed by atoms with Gasteiger partial charge in [-0.15, -0.1) is 0 Å². The number of primary amides is 1. The summed E-state index contributed by atoms with van der Waals surface area (Å²) in [6, 6.07) is 4.95. The predicted molar refractivity (Wildman–Crippen MR) is 106 cm³/mol. The van der Waals surface area contributed by atoms with Gasteiger partial charge in [-0.25, -0.2) is 9.97 Å². The highest BCUT2D eigenvalue weighted by Crippen LogP contribution is 2.27. The van der Waals surface area contributed by atoms with Crippen LogP contribution in [-0.2, 0) is 0 Å². The molecule has 9 nitrogen and oxygen atoms in total. The highest BCUT2D eigenvalue weighted by Gasteiger charge is 2.26. The molecule has 29 heavy (non-hydrogen) atoms. The van der Waals surface area contributed by atoms with Crippen molar-refractivity contribution in [2.24, 2.45) is 17.4 Å². The molecule has 1 saturated carbocycles. The first kappa shape index (κ1) is 19.1. The lowest BCUT2D eigenvalue weighted by Crippen LogP contribution is -2.46. The molecule has 152 valence electrons. The number of furan rings is 1. The molecule has 2 amide bonds. The molecule has 3 aromatic rings. The van der Waals surface area contributed by atoms with Gasteiger partial charge >= 0.3 is 0 Å². The number of amides is 2. The van der Waals surface area contributed by atoms with Gasteiger partial charge in [-0.3, -0.25) is 14.0 Å². The van der Waals surface area contributed by atoms with Gasteiger partial charge in [0.2, 0.25) is 0 Å². The van der Waals surface area contributed by atoms with E-state index in [1.54, 1.807) is 18.2 Å². The number of rotatable bonds is 6. The Bertz CT molecular complexity index is 1020. The Morgan fingerprint density at radius 3 is 2.76 bits per heavy atom. The molecule has 1 atom stereocenters. The van der Waals surface area contributed by atoms with Crippen molar-refractivity contribution in [1.82, 2.24) is 19.7 Å². The minimum absolute atomic E-state index is 0.00453. The van der Waals surface area contributed by atoms with Crippen LogP contribution in [0.5, 0.6) is 0 Å². The number of carbonyl (C=O) groups is 2. The van der Waals surface area contributed by atoms with Crippen LogP contribution in [0.25, 0.3) is 17.1 Å². The first-order chi connectivity index (χ1) is 14.1. The van der Waals surface area contributed by atoms with Crippen LogP contribution in [0.1, 0.15) is 53.1 Å². The van der Waals surface area contributed by atoms with E-state index in [1.165, 1.54) is 23.4 Å². The van der Waals surface area contributed by atoms with Crippen molar-refractivity contribution in [3.8, 4) is 11.5 Å². The molecule has 9 heteroatoms. The molecule has 1 aliphatic rings. The lowest BCUT2D eigenvalue weighted by atomic mass is 9.84. The Morgan fingerprint density at radius 1 is 1.31 bits per heavy atom. The quantitative estimate of drug-likeness (QED) is 0.579.